The zero-order chi connectivity index (χ0) is 21.4. The van der Waals surface area contributed by atoms with E-state index in [0.717, 1.165) is 49.3 Å². The highest BCUT2D eigenvalue weighted by Crippen LogP contribution is 2.18. The summed E-state index contributed by atoms with van der Waals surface area (Å²) in [6, 6.07) is 8.29. The van der Waals surface area contributed by atoms with Crippen LogP contribution in [0.15, 0.2) is 29.3 Å². The van der Waals surface area contributed by atoms with Crippen LogP contribution in [0.2, 0.25) is 0 Å². The van der Waals surface area contributed by atoms with Crippen molar-refractivity contribution < 1.29 is 14.6 Å². The van der Waals surface area contributed by atoms with Gasteiger partial charge in [0.1, 0.15) is 0 Å². The molecule has 1 aromatic carbocycles. The van der Waals surface area contributed by atoms with Gasteiger partial charge in [-0.25, -0.2) is 4.99 Å². The monoisotopic (exact) mass is 535 g/mol. The van der Waals surface area contributed by atoms with Crippen LogP contribution in [0.1, 0.15) is 64.5 Å². The number of benzene rings is 1. The maximum absolute atomic E-state index is 10.8. The number of nitrogens with zero attached hydrogens (tertiary/aromatic N) is 1. The highest BCUT2D eigenvalue weighted by Gasteiger charge is 2.24. The van der Waals surface area contributed by atoms with Crippen LogP contribution < -0.4 is 10.6 Å². The van der Waals surface area contributed by atoms with Crippen molar-refractivity contribution in [1.29, 1.82) is 0 Å². The van der Waals surface area contributed by atoms with Crippen molar-refractivity contribution in [2.75, 3.05) is 32.9 Å². The SMILES string of the molecule is CCCC(O)(CCC)CNC(=NCc1cccc(COCCOCC)c1)NCC.I. The van der Waals surface area contributed by atoms with E-state index in [-0.39, 0.29) is 24.0 Å². The fraction of sp³-hybridized carbons (Fsp3) is 0.696. The Labute approximate surface area is 200 Å². The number of guanidine groups is 1. The number of ether oxygens (including phenoxy) is 2. The van der Waals surface area contributed by atoms with E-state index in [1.54, 1.807) is 0 Å². The van der Waals surface area contributed by atoms with E-state index in [9.17, 15) is 5.11 Å². The summed E-state index contributed by atoms with van der Waals surface area (Å²) in [5.41, 5.74) is 1.58. The van der Waals surface area contributed by atoms with Crippen LogP contribution in [0.4, 0.5) is 0 Å². The van der Waals surface area contributed by atoms with Crippen molar-refractivity contribution in [1.82, 2.24) is 10.6 Å². The molecule has 0 aliphatic carbocycles. The highest BCUT2D eigenvalue weighted by atomic mass is 127. The second-order valence-electron chi connectivity index (χ2n) is 7.34. The van der Waals surface area contributed by atoms with Crippen molar-refractivity contribution in [2.45, 2.75) is 72.1 Å². The molecule has 1 aromatic rings. The van der Waals surface area contributed by atoms with Gasteiger partial charge in [0.05, 0.1) is 32.0 Å². The molecular formula is C23H42IN3O3. The third-order valence-corrected chi connectivity index (χ3v) is 4.62. The van der Waals surface area contributed by atoms with Crippen LogP contribution in [-0.4, -0.2) is 49.6 Å². The third kappa shape index (κ3) is 12.7. The summed E-state index contributed by atoms with van der Waals surface area (Å²) in [5.74, 6) is 0.733. The summed E-state index contributed by atoms with van der Waals surface area (Å²) in [5, 5.41) is 17.4. The molecule has 0 atom stereocenters. The summed E-state index contributed by atoms with van der Waals surface area (Å²) >= 11 is 0. The molecule has 30 heavy (non-hydrogen) atoms. The van der Waals surface area contributed by atoms with Gasteiger partial charge in [-0.2, -0.15) is 0 Å². The van der Waals surface area contributed by atoms with E-state index in [1.165, 1.54) is 0 Å². The van der Waals surface area contributed by atoms with Crippen molar-refractivity contribution >= 4 is 29.9 Å². The Hall–Kier alpha value is -0.900. The number of rotatable bonds is 15. The number of nitrogens with one attached hydrogen (secondary N) is 2. The molecule has 7 heteroatoms. The van der Waals surface area contributed by atoms with Gasteiger partial charge in [-0.1, -0.05) is 51.0 Å². The minimum atomic E-state index is -0.682. The highest BCUT2D eigenvalue weighted by molar-refractivity contribution is 14.0. The normalized spacial score (nSPS) is 11.8. The first-order valence-electron chi connectivity index (χ1n) is 11.0. The lowest BCUT2D eigenvalue weighted by molar-refractivity contribution is 0.0257. The van der Waals surface area contributed by atoms with Crippen molar-refractivity contribution in [3.63, 3.8) is 0 Å². The smallest absolute Gasteiger partial charge is 0.191 e. The molecule has 174 valence electrons. The fourth-order valence-electron chi connectivity index (χ4n) is 3.26. The van der Waals surface area contributed by atoms with E-state index in [1.807, 2.05) is 19.9 Å². The van der Waals surface area contributed by atoms with Gasteiger partial charge >= 0.3 is 0 Å². The van der Waals surface area contributed by atoms with Gasteiger partial charge in [0.15, 0.2) is 5.96 Å². The first-order chi connectivity index (χ1) is 14.1. The van der Waals surface area contributed by atoms with E-state index < -0.39 is 5.60 Å². The summed E-state index contributed by atoms with van der Waals surface area (Å²) in [6.45, 7) is 12.6. The summed E-state index contributed by atoms with van der Waals surface area (Å²) in [4.78, 5) is 4.69. The van der Waals surface area contributed by atoms with Gasteiger partial charge in [0.25, 0.3) is 0 Å². The molecule has 0 unspecified atom stereocenters. The van der Waals surface area contributed by atoms with Gasteiger partial charge < -0.3 is 25.2 Å². The van der Waals surface area contributed by atoms with Crippen molar-refractivity contribution in [2.24, 2.45) is 4.99 Å². The Bertz CT molecular complexity index is 579. The molecule has 0 bridgehead atoms. The van der Waals surface area contributed by atoms with Crippen LogP contribution in [-0.2, 0) is 22.6 Å². The molecule has 6 nitrogen and oxygen atoms in total. The van der Waals surface area contributed by atoms with Gasteiger partial charge in [-0.3, -0.25) is 0 Å². The number of hydrogen-bond acceptors (Lipinski definition) is 4. The number of halogens is 1. The Balaban J connectivity index is 0.00000841. The van der Waals surface area contributed by atoms with E-state index in [2.05, 4.69) is 42.7 Å². The Morgan fingerprint density at radius 2 is 1.67 bits per heavy atom. The molecule has 0 radical (unpaired) electrons. The third-order valence-electron chi connectivity index (χ3n) is 4.62. The standard InChI is InChI=1S/C23H41N3O3.HI/c1-5-12-23(27,13-6-2)19-26-22(24-7-3)25-17-20-10-9-11-21(16-20)18-29-15-14-28-8-4;/h9-11,16,27H,5-8,12-15,17-19H2,1-4H3,(H2,24,25,26);1H. The number of aliphatic hydroxyl groups is 1. The first-order valence-corrected chi connectivity index (χ1v) is 11.0. The fourth-order valence-corrected chi connectivity index (χ4v) is 3.26. The first kappa shape index (κ1) is 29.1. The quantitative estimate of drug-likeness (QED) is 0.136. The summed E-state index contributed by atoms with van der Waals surface area (Å²) in [7, 11) is 0. The topological polar surface area (TPSA) is 75.1 Å². The molecular weight excluding hydrogens is 493 g/mol. The summed E-state index contributed by atoms with van der Waals surface area (Å²) in [6.07, 6.45) is 3.51. The summed E-state index contributed by atoms with van der Waals surface area (Å²) < 4.78 is 10.9. The van der Waals surface area contributed by atoms with E-state index in [4.69, 9.17) is 14.5 Å². The Morgan fingerprint density at radius 1 is 1.00 bits per heavy atom. The Kier molecular flexibility index (Phi) is 17.2. The minimum Gasteiger partial charge on any atom is -0.388 e. The molecule has 0 heterocycles. The molecule has 3 N–H and O–H groups in total. The minimum absolute atomic E-state index is 0. The van der Waals surface area contributed by atoms with Gasteiger partial charge in [-0.05, 0) is 37.8 Å². The predicted octanol–water partition coefficient (Wildman–Crippen LogP) is 4.24. The second kappa shape index (κ2) is 17.7. The lowest BCUT2D eigenvalue weighted by Gasteiger charge is -2.28. The molecule has 0 amide bonds. The number of aliphatic imine (C=N–C) groups is 1. The average Bonchev–Trinajstić information content (AvgIpc) is 2.71. The van der Waals surface area contributed by atoms with Gasteiger partial charge in [0, 0.05) is 19.7 Å². The van der Waals surface area contributed by atoms with Crippen molar-refractivity contribution in [3.8, 4) is 0 Å². The molecule has 0 aromatic heterocycles. The van der Waals surface area contributed by atoms with E-state index >= 15 is 0 Å². The average molecular weight is 536 g/mol. The maximum Gasteiger partial charge on any atom is 0.191 e. The largest absolute Gasteiger partial charge is 0.388 e. The Morgan fingerprint density at radius 3 is 2.30 bits per heavy atom. The molecule has 0 saturated carbocycles. The second-order valence-corrected chi connectivity index (χ2v) is 7.34. The van der Waals surface area contributed by atoms with Crippen LogP contribution in [0.25, 0.3) is 0 Å². The molecule has 0 fully saturated rings. The van der Waals surface area contributed by atoms with Crippen LogP contribution in [0.3, 0.4) is 0 Å². The van der Waals surface area contributed by atoms with Crippen LogP contribution in [0, 0.1) is 0 Å². The van der Waals surface area contributed by atoms with Crippen LogP contribution >= 0.6 is 24.0 Å². The van der Waals surface area contributed by atoms with E-state index in [0.29, 0.717) is 39.5 Å². The zero-order valence-electron chi connectivity index (χ0n) is 19.2. The maximum atomic E-state index is 10.8. The van der Waals surface area contributed by atoms with Crippen LogP contribution in [0.5, 0.6) is 0 Å². The molecule has 0 saturated heterocycles. The zero-order valence-corrected chi connectivity index (χ0v) is 21.5. The lowest BCUT2D eigenvalue weighted by Crippen LogP contribution is -2.47. The number of hydrogen-bond donors (Lipinski definition) is 3. The van der Waals surface area contributed by atoms with Gasteiger partial charge in [0.2, 0.25) is 0 Å². The molecule has 0 spiro atoms. The molecule has 0 aliphatic rings. The lowest BCUT2D eigenvalue weighted by atomic mass is 9.93. The van der Waals surface area contributed by atoms with Crippen molar-refractivity contribution in [3.05, 3.63) is 35.4 Å². The predicted molar refractivity (Wildman–Crippen MR) is 136 cm³/mol. The molecule has 1 rings (SSSR count). The molecule has 0 aliphatic heterocycles. The van der Waals surface area contributed by atoms with Gasteiger partial charge in [-0.15, -0.1) is 24.0 Å².